The summed E-state index contributed by atoms with van der Waals surface area (Å²) in [6.07, 6.45) is 6.17. The van der Waals surface area contributed by atoms with Gasteiger partial charge in [0, 0.05) is 6.20 Å². The number of rotatable bonds is 4. The Morgan fingerprint density at radius 3 is 2.88 bits per heavy atom. The number of benzene rings is 1. The van der Waals surface area contributed by atoms with Crippen molar-refractivity contribution >= 4 is 11.7 Å². The van der Waals surface area contributed by atoms with Crippen LogP contribution in [-0.4, -0.2) is 13.1 Å². The van der Waals surface area contributed by atoms with E-state index in [1.54, 1.807) is 25.4 Å². The lowest BCUT2D eigenvalue weighted by Crippen LogP contribution is -2.24. The third-order valence-corrected chi connectivity index (χ3v) is 2.56. The van der Waals surface area contributed by atoms with E-state index in [0.717, 1.165) is 0 Å². The molecule has 1 aliphatic rings. The van der Waals surface area contributed by atoms with E-state index in [4.69, 9.17) is 4.74 Å². The summed E-state index contributed by atoms with van der Waals surface area (Å²) in [5.41, 5.74) is 0.660. The molecule has 0 atom stereocenters. The molecule has 90 valence electrons. The summed E-state index contributed by atoms with van der Waals surface area (Å²) in [5, 5.41) is 5.40. The van der Waals surface area contributed by atoms with Crippen molar-refractivity contribution in [1.82, 2.24) is 5.32 Å². The van der Waals surface area contributed by atoms with Crippen molar-refractivity contribution in [3.63, 3.8) is 0 Å². The Morgan fingerprint density at radius 1 is 1.41 bits per heavy atom. The van der Waals surface area contributed by atoms with E-state index in [-0.39, 0.29) is 6.03 Å². The summed E-state index contributed by atoms with van der Waals surface area (Å²) in [6, 6.07) is 7.04. The zero-order chi connectivity index (χ0) is 12.1. The van der Waals surface area contributed by atoms with Crippen molar-refractivity contribution in [3.05, 3.63) is 36.5 Å². The standard InChI is InChI=1S/C13H16N2O2/c1-17-12-5-3-2-4-11(12)15-13(16)14-9-8-10-6-7-10/h2-5,8-10H,6-7H2,1H3,(H2,14,15,16)/b9-8+. The minimum absolute atomic E-state index is 0.258. The van der Waals surface area contributed by atoms with Gasteiger partial charge in [-0.05, 0) is 30.9 Å². The number of urea groups is 1. The molecule has 1 fully saturated rings. The number of allylic oxidation sites excluding steroid dienone is 1. The molecule has 17 heavy (non-hydrogen) atoms. The lowest BCUT2D eigenvalue weighted by molar-refractivity contribution is 0.255. The summed E-state index contributed by atoms with van der Waals surface area (Å²) < 4.78 is 5.14. The molecule has 0 saturated heterocycles. The second-order valence-corrected chi connectivity index (χ2v) is 4.00. The highest BCUT2D eigenvalue weighted by atomic mass is 16.5. The van der Waals surface area contributed by atoms with Gasteiger partial charge in [-0.3, -0.25) is 0 Å². The molecule has 2 rings (SSSR count). The minimum atomic E-state index is -0.258. The predicted molar refractivity (Wildman–Crippen MR) is 67.0 cm³/mol. The molecule has 4 nitrogen and oxygen atoms in total. The lowest BCUT2D eigenvalue weighted by Gasteiger charge is -2.09. The molecular weight excluding hydrogens is 216 g/mol. The van der Waals surface area contributed by atoms with Crippen LogP contribution in [0.25, 0.3) is 0 Å². The first kappa shape index (κ1) is 11.5. The summed E-state index contributed by atoms with van der Waals surface area (Å²) in [7, 11) is 1.57. The van der Waals surface area contributed by atoms with Gasteiger partial charge in [-0.15, -0.1) is 0 Å². The van der Waals surface area contributed by atoms with E-state index in [2.05, 4.69) is 10.6 Å². The van der Waals surface area contributed by atoms with Gasteiger partial charge in [0.15, 0.2) is 0 Å². The number of carbonyl (C=O) groups is 1. The molecule has 0 aromatic heterocycles. The van der Waals surface area contributed by atoms with Crippen LogP contribution in [0.4, 0.5) is 10.5 Å². The van der Waals surface area contributed by atoms with Crippen LogP contribution in [0.1, 0.15) is 12.8 Å². The number of para-hydroxylation sites is 2. The Labute approximate surface area is 101 Å². The van der Waals surface area contributed by atoms with Gasteiger partial charge < -0.3 is 15.4 Å². The first-order valence-corrected chi connectivity index (χ1v) is 5.67. The topological polar surface area (TPSA) is 50.4 Å². The number of nitrogens with one attached hydrogen (secondary N) is 2. The highest BCUT2D eigenvalue weighted by Gasteiger charge is 2.17. The second-order valence-electron chi connectivity index (χ2n) is 4.00. The van der Waals surface area contributed by atoms with Crippen molar-refractivity contribution in [2.24, 2.45) is 5.92 Å². The number of methoxy groups -OCH3 is 1. The maximum absolute atomic E-state index is 11.6. The van der Waals surface area contributed by atoms with E-state index >= 15 is 0 Å². The van der Waals surface area contributed by atoms with Gasteiger partial charge in [0.05, 0.1) is 12.8 Å². The zero-order valence-electron chi connectivity index (χ0n) is 9.77. The highest BCUT2D eigenvalue weighted by Crippen LogP contribution is 2.29. The monoisotopic (exact) mass is 232 g/mol. The maximum atomic E-state index is 11.6. The summed E-state index contributed by atoms with van der Waals surface area (Å²) in [5.74, 6) is 1.30. The van der Waals surface area contributed by atoms with Gasteiger partial charge in [0.2, 0.25) is 0 Å². The fourth-order valence-electron chi connectivity index (χ4n) is 1.45. The van der Waals surface area contributed by atoms with Gasteiger partial charge in [-0.2, -0.15) is 0 Å². The fourth-order valence-corrected chi connectivity index (χ4v) is 1.45. The minimum Gasteiger partial charge on any atom is -0.495 e. The molecule has 1 aliphatic carbocycles. The van der Waals surface area contributed by atoms with Gasteiger partial charge in [-0.1, -0.05) is 18.2 Å². The van der Waals surface area contributed by atoms with Crippen LogP contribution in [0.3, 0.4) is 0 Å². The normalized spacial score (nSPS) is 14.6. The van der Waals surface area contributed by atoms with E-state index < -0.39 is 0 Å². The van der Waals surface area contributed by atoms with Gasteiger partial charge >= 0.3 is 6.03 Å². The first-order chi connectivity index (χ1) is 8.29. The number of hydrogen-bond donors (Lipinski definition) is 2. The molecule has 0 aliphatic heterocycles. The quantitative estimate of drug-likeness (QED) is 0.838. The van der Waals surface area contributed by atoms with Crippen molar-refractivity contribution < 1.29 is 9.53 Å². The predicted octanol–water partition coefficient (Wildman–Crippen LogP) is 2.74. The SMILES string of the molecule is COc1ccccc1NC(=O)N/C=C/C1CC1. The molecule has 0 radical (unpaired) electrons. The number of amides is 2. The van der Waals surface area contributed by atoms with Gasteiger partial charge in [-0.25, -0.2) is 4.79 Å². The number of carbonyl (C=O) groups excluding carboxylic acids is 1. The lowest BCUT2D eigenvalue weighted by atomic mass is 10.3. The maximum Gasteiger partial charge on any atom is 0.323 e. The van der Waals surface area contributed by atoms with Crippen LogP contribution in [0.5, 0.6) is 5.75 Å². The Morgan fingerprint density at radius 2 is 2.18 bits per heavy atom. The van der Waals surface area contributed by atoms with Crippen molar-refractivity contribution in [2.75, 3.05) is 12.4 Å². The highest BCUT2D eigenvalue weighted by molar-refractivity contribution is 5.91. The largest absolute Gasteiger partial charge is 0.495 e. The van der Waals surface area contributed by atoms with Gasteiger partial charge in [0.1, 0.15) is 5.75 Å². The van der Waals surface area contributed by atoms with Crippen molar-refractivity contribution in [1.29, 1.82) is 0 Å². The second kappa shape index (κ2) is 5.39. The van der Waals surface area contributed by atoms with Crippen LogP contribution in [0, 0.1) is 5.92 Å². The third kappa shape index (κ3) is 3.52. The fraction of sp³-hybridized carbons (Fsp3) is 0.308. The van der Waals surface area contributed by atoms with Crippen LogP contribution in [0.2, 0.25) is 0 Å². The van der Waals surface area contributed by atoms with E-state index in [1.165, 1.54) is 12.8 Å². The Hall–Kier alpha value is -1.97. The van der Waals surface area contributed by atoms with Crippen molar-refractivity contribution in [3.8, 4) is 5.75 Å². The summed E-state index contributed by atoms with van der Waals surface area (Å²) >= 11 is 0. The van der Waals surface area contributed by atoms with Gasteiger partial charge in [0.25, 0.3) is 0 Å². The number of hydrogen-bond acceptors (Lipinski definition) is 2. The molecule has 2 amide bonds. The van der Waals surface area contributed by atoms with Crippen LogP contribution < -0.4 is 15.4 Å². The zero-order valence-corrected chi connectivity index (χ0v) is 9.77. The molecule has 0 unspecified atom stereocenters. The first-order valence-electron chi connectivity index (χ1n) is 5.67. The molecule has 4 heteroatoms. The van der Waals surface area contributed by atoms with Crippen LogP contribution in [0.15, 0.2) is 36.5 Å². The van der Waals surface area contributed by atoms with E-state index in [1.807, 2.05) is 18.2 Å². The molecule has 1 aromatic rings. The number of anilines is 1. The van der Waals surface area contributed by atoms with E-state index in [9.17, 15) is 4.79 Å². The van der Waals surface area contributed by atoms with Crippen LogP contribution >= 0.6 is 0 Å². The summed E-state index contributed by atoms with van der Waals surface area (Å²) in [4.78, 5) is 11.6. The molecule has 0 heterocycles. The average Bonchev–Trinajstić information content (AvgIpc) is 3.14. The third-order valence-electron chi connectivity index (χ3n) is 2.56. The number of ether oxygens (including phenoxy) is 1. The molecular formula is C13H16N2O2. The molecule has 0 spiro atoms. The van der Waals surface area contributed by atoms with Crippen molar-refractivity contribution in [2.45, 2.75) is 12.8 Å². The van der Waals surface area contributed by atoms with Crippen LogP contribution in [-0.2, 0) is 0 Å². The molecule has 1 aromatic carbocycles. The molecule has 2 N–H and O–H groups in total. The Bertz CT molecular complexity index is 425. The average molecular weight is 232 g/mol. The Balaban J connectivity index is 1.88. The molecule has 1 saturated carbocycles. The smallest absolute Gasteiger partial charge is 0.323 e. The molecule has 0 bridgehead atoms. The summed E-state index contributed by atoms with van der Waals surface area (Å²) in [6.45, 7) is 0. The van der Waals surface area contributed by atoms with E-state index in [0.29, 0.717) is 17.4 Å². The Kier molecular flexibility index (Phi) is 3.65.